The fourth-order valence-corrected chi connectivity index (χ4v) is 3.89. The van der Waals surface area contributed by atoms with Crippen LogP contribution < -0.4 is 5.32 Å². The lowest BCUT2D eigenvalue weighted by molar-refractivity contribution is 0.126. The molecule has 2 fully saturated rings. The molecule has 0 radical (unpaired) electrons. The number of likely N-dealkylation sites (tertiary alicyclic amines) is 1. The average molecular weight is 290 g/mol. The summed E-state index contributed by atoms with van der Waals surface area (Å²) in [7, 11) is 0. The molecule has 0 aromatic heterocycles. The Hall–Kier alpha value is -1.26. The molecule has 2 atom stereocenters. The number of benzene rings is 1. The number of nitrogens with zero attached hydrogens (tertiary/aromatic N) is 1. The minimum atomic E-state index is 0.141. The largest absolute Gasteiger partial charge is 0.508 e. The number of phenolic OH excluding ortho intramolecular Hbond substituents is 2. The highest BCUT2D eigenvalue weighted by Crippen LogP contribution is 2.32. The first kappa shape index (κ1) is 14.7. The van der Waals surface area contributed by atoms with Crippen molar-refractivity contribution in [3.8, 4) is 11.5 Å². The van der Waals surface area contributed by atoms with Crippen molar-refractivity contribution in [1.82, 2.24) is 10.2 Å². The van der Waals surface area contributed by atoms with Crippen molar-refractivity contribution in [2.24, 2.45) is 5.92 Å². The van der Waals surface area contributed by atoms with E-state index < -0.39 is 0 Å². The lowest BCUT2D eigenvalue weighted by Gasteiger charge is -2.38. The van der Waals surface area contributed by atoms with E-state index in [9.17, 15) is 10.2 Å². The van der Waals surface area contributed by atoms with Gasteiger partial charge in [0.05, 0.1) is 0 Å². The maximum atomic E-state index is 9.64. The zero-order chi connectivity index (χ0) is 14.8. The monoisotopic (exact) mass is 290 g/mol. The minimum Gasteiger partial charge on any atom is -0.508 e. The van der Waals surface area contributed by atoms with Gasteiger partial charge in [-0.25, -0.2) is 0 Å². The van der Waals surface area contributed by atoms with Crippen LogP contribution >= 0.6 is 0 Å². The standard InChI is InChI=1S/C17H26N2O2/c1-12(14-9-15(20)11-16(21)10-14)19-7-4-13(5-8-19)17-3-2-6-18-17/h9-13,17-18,20-21H,2-8H2,1H3. The zero-order valence-corrected chi connectivity index (χ0v) is 12.8. The first-order chi connectivity index (χ1) is 10.1. The second kappa shape index (κ2) is 6.24. The maximum Gasteiger partial charge on any atom is 0.119 e. The Kier molecular flexibility index (Phi) is 4.36. The van der Waals surface area contributed by atoms with E-state index in [-0.39, 0.29) is 17.5 Å². The molecule has 3 rings (SSSR count). The summed E-state index contributed by atoms with van der Waals surface area (Å²) in [4.78, 5) is 2.46. The van der Waals surface area contributed by atoms with Gasteiger partial charge in [0, 0.05) is 18.2 Å². The van der Waals surface area contributed by atoms with Crippen LogP contribution in [-0.4, -0.2) is 40.8 Å². The van der Waals surface area contributed by atoms with Crippen LogP contribution in [0.25, 0.3) is 0 Å². The third-order valence-electron chi connectivity index (χ3n) is 5.20. The van der Waals surface area contributed by atoms with E-state index in [1.165, 1.54) is 38.3 Å². The molecule has 0 spiro atoms. The summed E-state index contributed by atoms with van der Waals surface area (Å²) in [6, 6.07) is 5.87. The van der Waals surface area contributed by atoms with Gasteiger partial charge in [-0.05, 0) is 75.9 Å². The molecule has 2 unspecified atom stereocenters. The molecule has 2 saturated heterocycles. The van der Waals surface area contributed by atoms with Gasteiger partial charge in [0.2, 0.25) is 0 Å². The number of nitrogens with one attached hydrogen (secondary N) is 1. The van der Waals surface area contributed by atoms with Gasteiger partial charge in [-0.15, -0.1) is 0 Å². The number of piperidine rings is 1. The Labute approximate surface area is 126 Å². The van der Waals surface area contributed by atoms with Gasteiger partial charge in [0.15, 0.2) is 0 Å². The molecule has 0 bridgehead atoms. The van der Waals surface area contributed by atoms with E-state index in [4.69, 9.17) is 0 Å². The van der Waals surface area contributed by atoms with Crippen LogP contribution in [-0.2, 0) is 0 Å². The van der Waals surface area contributed by atoms with Gasteiger partial charge in [-0.3, -0.25) is 4.90 Å². The molecule has 2 aliphatic rings. The Balaban J connectivity index is 1.60. The summed E-state index contributed by atoms with van der Waals surface area (Å²) in [5.74, 6) is 1.09. The quantitative estimate of drug-likeness (QED) is 0.801. The molecular formula is C17H26N2O2. The summed E-state index contributed by atoms with van der Waals surface area (Å²) < 4.78 is 0. The number of phenols is 2. The smallest absolute Gasteiger partial charge is 0.119 e. The van der Waals surface area contributed by atoms with E-state index in [2.05, 4.69) is 17.1 Å². The molecular weight excluding hydrogens is 264 g/mol. The second-order valence-corrected chi connectivity index (χ2v) is 6.53. The molecule has 3 N–H and O–H groups in total. The number of hydrogen-bond acceptors (Lipinski definition) is 4. The average Bonchev–Trinajstić information content (AvgIpc) is 3.00. The van der Waals surface area contributed by atoms with Crippen LogP contribution in [0.3, 0.4) is 0 Å². The van der Waals surface area contributed by atoms with Gasteiger partial charge < -0.3 is 15.5 Å². The third-order valence-corrected chi connectivity index (χ3v) is 5.20. The van der Waals surface area contributed by atoms with Gasteiger partial charge in [-0.1, -0.05) is 0 Å². The Morgan fingerprint density at radius 1 is 1.10 bits per heavy atom. The van der Waals surface area contributed by atoms with Gasteiger partial charge in [0.25, 0.3) is 0 Å². The summed E-state index contributed by atoms with van der Waals surface area (Å²) in [5.41, 5.74) is 0.991. The lowest BCUT2D eigenvalue weighted by Crippen LogP contribution is -2.41. The van der Waals surface area contributed by atoms with Crippen molar-refractivity contribution in [2.75, 3.05) is 19.6 Å². The molecule has 1 aromatic rings. The van der Waals surface area contributed by atoms with Crippen LogP contribution in [0.4, 0.5) is 0 Å². The SMILES string of the molecule is CC(c1cc(O)cc(O)c1)N1CCC(C2CCCN2)CC1. The number of rotatable bonds is 3. The van der Waals surface area contributed by atoms with E-state index in [1.54, 1.807) is 12.1 Å². The number of hydrogen-bond donors (Lipinski definition) is 3. The Morgan fingerprint density at radius 3 is 2.33 bits per heavy atom. The highest BCUT2D eigenvalue weighted by atomic mass is 16.3. The van der Waals surface area contributed by atoms with Gasteiger partial charge in [0.1, 0.15) is 11.5 Å². The molecule has 0 saturated carbocycles. The van der Waals surface area contributed by atoms with Crippen LogP contribution in [0.2, 0.25) is 0 Å². The zero-order valence-electron chi connectivity index (χ0n) is 12.8. The predicted octanol–water partition coefficient (Wildman–Crippen LogP) is 2.62. The highest BCUT2D eigenvalue weighted by molar-refractivity contribution is 5.38. The molecule has 1 aromatic carbocycles. The fraction of sp³-hybridized carbons (Fsp3) is 0.647. The van der Waals surface area contributed by atoms with Crippen molar-refractivity contribution in [1.29, 1.82) is 0 Å². The lowest BCUT2D eigenvalue weighted by atomic mass is 9.87. The van der Waals surface area contributed by atoms with E-state index >= 15 is 0 Å². The second-order valence-electron chi connectivity index (χ2n) is 6.53. The molecule has 4 nitrogen and oxygen atoms in total. The summed E-state index contributed by atoms with van der Waals surface area (Å²) in [6.07, 6.45) is 5.14. The van der Waals surface area contributed by atoms with Crippen molar-refractivity contribution < 1.29 is 10.2 Å². The van der Waals surface area contributed by atoms with E-state index in [0.29, 0.717) is 0 Å². The van der Waals surface area contributed by atoms with Crippen LogP contribution in [0.5, 0.6) is 11.5 Å². The van der Waals surface area contributed by atoms with Gasteiger partial charge in [-0.2, -0.15) is 0 Å². The molecule has 2 heterocycles. The number of aromatic hydroxyl groups is 2. The summed E-state index contributed by atoms with van der Waals surface area (Å²) in [6.45, 7) is 5.53. The summed E-state index contributed by atoms with van der Waals surface area (Å²) in [5, 5.41) is 22.9. The predicted molar refractivity (Wildman–Crippen MR) is 83.5 cm³/mol. The normalized spacial score (nSPS) is 26.0. The van der Waals surface area contributed by atoms with Crippen LogP contribution in [0, 0.1) is 5.92 Å². The minimum absolute atomic E-state index is 0.141. The topological polar surface area (TPSA) is 55.7 Å². The van der Waals surface area contributed by atoms with Crippen molar-refractivity contribution in [3.05, 3.63) is 23.8 Å². The molecule has 116 valence electrons. The molecule has 0 amide bonds. The van der Waals surface area contributed by atoms with Crippen LogP contribution in [0.15, 0.2) is 18.2 Å². The molecule has 2 aliphatic heterocycles. The Bertz CT molecular complexity index is 457. The molecule has 0 aliphatic carbocycles. The van der Waals surface area contributed by atoms with Gasteiger partial charge >= 0.3 is 0 Å². The van der Waals surface area contributed by atoms with Crippen LogP contribution in [0.1, 0.15) is 44.2 Å². The van der Waals surface area contributed by atoms with E-state index in [1.807, 2.05) is 0 Å². The first-order valence-corrected chi connectivity index (χ1v) is 8.14. The fourth-order valence-electron chi connectivity index (χ4n) is 3.89. The third kappa shape index (κ3) is 3.33. The Morgan fingerprint density at radius 2 is 1.76 bits per heavy atom. The van der Waals surface area contributed by atoms with Crippen molar-refractivity contribution in [2.45, 2.75) is 44.7 Å². The molecule has 21 heavy (non-hydrogen) atoms. The summed E-state index contributed by atoms with van der Waals surface area (Å²) >= 11 is 0. The highest BCUT2D eigenvalue weighted by Gasteiger charge is 2.30. The molecule has 4 heteroatoms. The van der Waals surface area contributed by atoms with Crippen molar-refractivity contribution in [3.63, 3.8) is 0 Å². The first-order valence-electron chi connectivity index (χ1n) is 8.14. The maximum absolute atomic E-state index is 9.64. The van der Waals surface area contributed by atoms with E-state index in [0.717, 1.165) is 30.6 Å². The van der Waals surface area contributed by atoms with Crippen molar-refractivity contribution >= 4 is 0 Å².